The summed E-state index contributed by atoms with van der Waals surface area (Å²) in [6.45, 7) is 1.99. The van der Waals surface area contributed by atoms with E-state index in [1.54, 1.807) is 25.4 Å². The molecule has 2 aromatic carbocycles. The summed E-state index contributed by atoms with van der Waals surface area (Å²) in [6, 6.07) is 21.1. The lowest BCUT2D eigenvalue weighted by molar-refractivity contribution is 0.0948. The number of hydrogen-bond acceptors (Lipinski definition) is 5. The van der Waals surface area contributed by atoms with Crippen LogP contribution in [0.5, 0.6) is 11.5 Å². The quantitative estimate of drug-likeness (QED) is 0.350. The van der Waals surface area contributed by atoms with Crippen LogP contribution in [0.4, 0.5) is 0 Å². The first-order chi connectivity index (χ1) is 16.2. The predicted octanol–water partition coefficient (Wildman–Crippen LogP) is 4.27. The third kappa shape index (κ3) is 5.88. The molecule has 0 fully saturated rings. The summed E-state index contributed by atoms with van der Waals surface area (Å²) in [7, 11) is 1.65. The van der Waals surface area contributed by atoms with Crippen molar-refractivity contribution in [2.45, 2.75) is 25.8 Å². The predicted molar refractivity (Wildman–Crippen MR) is 128 cm³/mol. The average Bonchev–Trinajstić information content (AvgIpc) is 3.22. The second-order valence-electron chi connectivity index (χ2n) is 7.62. The molecular weight excluding hydrogens is 416 g/mol. The number of amides is 1. The third-order valence-electron chi connectivity index (χ3n) is 5.35. The lowest BCUT2D eigenvalue weighted by Gasteiger charge is -2.11. The minimum absolute atomic E-state index is 0.153. The normalized spacial score (nSPS) is 10.8. The molecule has 2 heterocycles. The second-order valence-corrected chi connectivity index (χ2v) is 7.62. The van der Waals surface area contributed by atoms with Crippen LogP contribution >= 0.6 is 0 Å². The van der Waals surface area contributed by atoms with Gasteiger partial charge in [0, 0.05) is 25.7 Å². The van der Waals surface area contributed by atoms with Crippen molar-refractivity contribution in [2.75, 3.05) is 20.3 Å². The van der Waals surface area contributed by atoms with E-state index in [1.807, 2.05) is 48.5 Å². The van der Waals surface area contributed by atoms with Gasteiger partial charge < -0.3 is 19.4 Å². The average molecular weight is 445 g/mol. The van der Waals surface area contributed by atoms with Crippen LogP contribution in [0.3, 0.4) is 0 Å². The molecule has 0 aliphatic carbocycles. The summed E-state index contributed by atoms with van der Waals surface area (Å²) in [5, 5.41) is 2.93. The first-order valence-corrected chi connectivity index (χ1v) is 11.1. The lowest BCUT2D eigenvalue weighted by Crippen LogP contribution is -2.25. The van der Waals surface area contributed by atoms with Gasteiger partial charge in [-0.3, -0.25) is 9.78 Å². The number of carbonyl (C=O) groups is 1. The minimum atomic E-state index is -0.153. The summed E-state index contributed by atoms with van der Waals surface area (Å²) in [5.74, 6) is 2.51. The molecule has 2 aromatic heterocycles. The molecule has 0 unspecified atom stereocenters. The van der Waals surface area contributed by atoms with Gasteiger partial charge in [-0.2, -0.15) is 0 Å². The molecule has 0 saturated carbocycles. The van der Waals surface area contributed by atoms with E-state index in [0.717, 1.165) is 54.2 Å². The van der Waals surface area contributed by atoms with Gasteiger partial charge in [0.25, 0.3) is 5.91 Å². The summed E-state index contributed by atoms with van der Waals surface area (Å²) in [5.41, 5.74) is 2.54. The Morgan fingerprint density at radius 3 is 2.55 bits per heavy atom. The Labute approximate surface area is 193 Å². The van der Waals surface area contributed by atoms with Crippen LogP contribution in [0.15, 0.2) is 72.9 Å². The SMILES string of the molecule is COc1ccc(OCCCn2c(CCCNC(=O)c3ccccn3)nc3ccccc32)cc1. The maximum atomic E-state index is 12.2. The van der Waals surface area contributed by atoms with E-state index in [-0.39, 0.29) is 5.91 Å². The zero-order chi connectivity index (χ0) is 22.9. The van der Waals surface area contributed by atoms with Crippen molar-refractivity contribution in [2.24, 2.45) is 0 Å². The van der Waals surface area contributed by atoms with Crippen molar-refractivity contribution in [1.82, 2.24) is 19.9 Å². The monoisotopic (exact) mass is 444 g/mol. The Morgan fingerprint density at radius 2 is 1.76 bits per heavy atom. The zero-order valence-electron chi connectivity index (χ0n) is 18.7. The van der Waals surface area contributed by atoms with Gasteiger partial charge in [0.2, 0.25) is 0 Å². The van der Waals surface area contributed by atoms with Crippen molar-refractivity contribution in [3.63, 3.8) is 0 Å². The molecule has 1 N–H and O–H groups in total. The van der Waals surface area contributed by atoms with Gasteiger partial charge in [0.15, 0.2) is 0 Å². The molecule has 0 aliphatic heterocycles. The third-order valence-corrected chi connectivity index (χ3v) is 5.35. The first-order valence-electron chi connectivity index (χ1n) is 11.1. The van der Waals surface area contributed by atoms with Crippen molar-refractivity contribution < 1.29 is 14.3 Å². The van der Waals surface area contributed by atoms with Crippen molar-refractivity contribution >= 4 is 16.9 Å². The number of para-hydroxylation sites is 2. The molecular formula is C26H28N4O3. The fourth-order valence-corrected chi connectivity index (χ4v) is 3.69. The lowest BCUT2D eigenvalue weighted by atomic mass is 10.2. The van der Waals surface area contributed by atoms with Crippen molar-refractivity contribution in [3.8, 4) is 11.5 Å². The maximum absolute atomic E-state index is 12.2. The van der Waals surface area contributed by atoms with Crippen LogP contribution in [0.2, 0.25) is 0 Å². The Hall–Kier alpha value is -3.87. The Bertz CT molecular complexity index is 1170. The smallest absolute Gasteiger partial charge is 0.269 e. The van der Waals surface area contributed by atoms with Crippen LogP contribution in [-0.2, 0) is 13.0 Å². The highest BCUT2D eigenvalue weighted by atomic mass is 16.5. The number of carbonyl (C=O) groups excluding carboxylic acids is 1. The molecule has 33 heavy (non-hydrogen) atoms. The molecule has 1 amide bonds. The largest absolute Gasteiger partial charge is 0.497 e. The maximum Gasteiger partial charge on any atom is 0.269 e. The summed E-state index contributed by atoms with van der Waals surface area (Å²) >= 11 is 0. The summed E-state index contributed by atoms with van der Waals surface area (Å²) < 4.78 is 13.3. The Kier molecular flexibility index (Phi) is 7.53. The fourth-order valence-electron chi connectivity index (χ4n) is 3.69. The molecule has 0 radical (unpaired) electrons. The van der Waals surface area contributed by atoms with Gasteiger partial charge in [0.1, 0.15) is 23.0 Å². The van der Waals surface area contributed by atoms with Gasteiger partial charge in [-0.1, -0.05) is 18.2 Å². The number of nitrogens with one attached hydrogen (secondary N) is 1. The number of rotatable bonds is 11. The van der Waals surface area contributed by atoms with Crippen molar-refractivity contribution in [3.05, 3.63) is 84.4 Å². The number of aryl methyl sites for hydroxylation is 2. The van der Waals surface area contributed by atoms with E-state index in [1.165, 1.54) is 0 Å². The highest BCUT2D eigenvalue weighted by molar-refractivity contribution is 5.92. The highest BCUT2D eigenvalue weighted by Crippen LogP contribution is 2.19. The van der Waals surface area contributed by atoms with Crippen LogP contribution < -0.4 is 14.8 Å². The highest BCUT2D eigenvalue weighted by Gasteiger charge is 2.11. The fraction of sp³-hybridized carbons (Fsp3) is 0.269. The molecule has 4 rings (SSSR count). The number of pyridine rings is 1. The molecule has 0 spiro atoms. The van der Waals surface area contributed by atoms with Crippen LogP contribution in [0, 0.1) is 0 Å². The molecule has 7 nitrogen and oxygen atoms in total. The number of aromatic nitrogens is 3. The van der Waals surface area contributed by atoms with E-state index in [4.69, 9.17) is 14.5 Å². The molecule has 0 aliphatic rings. The molecule has 0 atom stereocenters. The standard InChI is InChI=1S/C26H28N4O3/c1-32-20-12-14-21(15-13-20)33-19-7-18-30-24-10-3-2-8-22(24)29-25(30)11-6-17-28-26(31)23-9-4-5-16-27-23/h2-5,8-10,12-16H,6-7,11,17-19H2,1H3,(H,28,31). The van der Waals surface area contributed by atoms with E-state index in [9.17, 15) is 4.79 Å². The van der Waals surface area contributed by atoms with E-state index >= 15 is 0 Å². The number of nitrogens with zero attached hydrogens (tertiary/aromatic N) is 3. The van der Waals surface area contributed by atoms with E-state index in [2.05, 4.69) is 20.9 Å². The molecule has 0 saturated heterocycles. The van der Waals surface area contributed by atoms with Gasteiger partial charge >= 0.3 is 0 Å². The van der Waals surface area contributed by atoms with E-state index < -0.39 is 0 Å². The van der Waals surface area contributed by atoms with Gasteiger partial charge in [-0.15, -0.1) is 0 Å². The first kappa shape index (κ1) is 22.3. The molecule has 7 heteroatoms. The van der Waals surface area contributed by atoms with E-state index in [0.29, 0.717) is 18.8 Å². The number of imidazole rings is 1. The molecule has 0 bridgehead atoms. The Balaban J connectivity index is 1.31. The van der Waals surface area contributed by atoms with Crippen molar-refractivity contribution in [1.29, 1.82) is 0 Å². The number of benzene rings is 2. The van der Waals surface area contributed by atoms with Crippen LogP contribution in [0.25, 0.3) is 11.0 Å². The van der Waals surface area contributed by atoms with Crippen LogP contribution in [-0.4, -0.2) is 40.7 Å². The minimum Gasteiger partial charge on any atom is -0.497 e. The molecule has 4 aromatic rings. The number of hydrogen-bond donors (Lipinski definition) is 1. The zero-order valence-corrected chi connectivity index (χ0v) is 18.7. The van der Waals surface area contributed by atoms with Crippen LogP contribution in [0.1, 0.15) is 29.2 Å². The molecule has 170 valence electrons. The van der Waals surface area contributed by atoms with Gasteiger partial charge in [-0.05, 0) is 61.4 Å². The Morgan fingerprint density at radius 1 is 0.970 bits per heavy atom. The number of fused-ring (bicyclic) bond motifs is 1. The van der Waals surface area contributed by atoms with Gasteiger partial charge in [0.05, 0.1) is 24.8 Å². The number of ether oxygens (including phenoxy) is 2. The van der Waals surface area contributed by atoms with Gasteiger partial charge in [-0.25, -0.2) is 4.98 Å². The second kappa shape index (κ2) is 11.1. The topological polar surface area (TPSA) is 78.3 Å². The summed E-state index contributed by atoms with van der Waals surface area (Å²) in [6.07, 6.45) is 4.05. The summed E-state index contributed by atoms with van der Waals surface area (Å²) in [4.78, 5) is 21.1. The number of methoxy groups -OCH3 is 1.